The number of aromatic nitrogens is 2. The van der Waals surface area contributed by atoms with E-state index in [0.717, 1.165) is 16.7 Å². The third-order valence-electron chi connectivity index (χ3n) is 9.22. The molecule has 53 heavy (non-hydrogen) atoms. The molecule has 12 nitrogen and oxygen atoms in total. The van der Waals surface area contributed by atoms with Gasteiger partial charge < -0.3 is 38.8 Å². The highest BCUT2D eigenvalue weighted by molar-refractivity contribution is 6.04. The number of ether oxygens (including phenoxy) is 6. The largest absolute Gasteiger partial charge is 0.497 e. The average molecular weight is 722 g/mol. The highest BCUT2D eigenvalue weighted by Gasteiger charge is 2.48. The van der Waals surface area contributed by atoms with E-state index in [1.165, 1.54) is 10.8 Å². The molecule has 0 saturated carbocycles. The molecule has 0 bridgehead atoms. The zero-order valence-electron chi connectivity index (χ0n) is 30.0. The van der Waals surface area contributed by atoms with Crippen molar-refractivity contribution in [1.82, 2.24) is 9.55 Å². The number of hydrogen-bond donors (Lipinski definition) is 2. The number of benzene rings is 4. The maximum Gasteiger partial charge on any atom is 0.351 e. The van der Waals surface area contributed by atoms with Gasteiger partial charge in [-0.25, -0.2) is 4.79 Å². The number of nitrogens with zero attached hydrogens (tertiary/aromatic N) is 2. The smallest absolute Gasteiger partial charge is 0.351 e. The molecule has 4 atom stereocenters. The fourth-order valence-corrected chi connectivity index (χ4v) is 6.45. The summed E-state index contributed by atoms with van der Waals surface area (Å²) in [7, 11) is 4.76. The van der Waals surface area contributed by atoms with Crippen LogP contribution in [0.15, 0.2) is 120 Å². The molecule has 276 valence electrons. The minimum absolute atomic E-state index is 0.110. The number of amides is 1. The summed E-state index contributed by atoms with van der Waals surface area (Å²) in [6.07, 6.45) is -2.71. The standard InChI is InChI=1S/C41H43N3O9/c1-27-25-44(40(47)43-37(27)42-38(46)28-11-7-5-8-12-28)39-36(51-24-23-48-2)35(45)34(53-39)26-52-41(29-13-9-6-10-14-29,30-15-19-32(49-3)20-16-30)31-17-21-33(50-4)22-18-31/h5-22,25,34-36,39,45H,23-24,26H2,1-4H3,(H,42,43,46,47)/t34-,35-,36+,39+/m1/s1. The van der Waals surface area contributed by atoms with E-state index in [1.807, 2.05) is 78.9 Å². The average Bonchev–Trinajstić information content (AvgIpc) is 3.51. The maximum absolute atomic E-state index is 13.6. The van der Waals surface area contributed by atoms with Crippen LogP contribution in [0.4, 0.5) is 5.82 Å². The quantitative estimate of drug-likeness (QED) is 0.111. The summed E-state index contributed by atoms with van der Waals surface area (Å²) < 4.78 is 37.0. The second-order valence-electron chi connectivity index (χ2n) is 12.5. The highest BCUT2D eigenvalue weighted by Crippen LogP contribution is 2.43. The second kappa shape index (κ2) is 17.0. The lowest BCUT2D eigenvalue weighted by atomic mass is 9.80. The van der Waals surface area contributed by atoms with Crippen molar-refractivity contribution in [2.45, 2.75) is 37.1 Å². The molecule has 1 aliphatic heterocycles. The number of hydrogen-bond acceptors (Lipinski definition) is 10. The van der Waals surface area contributed by atoms with Crippen LogP contribution >= 0.6 is 0 Å². The Bertz CT molecular complexity index is 1960. The van der Waals surface area contributed by atoms with Gasteiger partial charge in [-0.3, -0.25) is 9.36 Å². The summed E-state index contributed by atoms with van der Waals surface area (Å²) in [6, 6.07) is 33.6. The lowest BCUT2D eigenvalue weighted by molar-refractivity contribution is -0.0994. The summed E-state index contributed by atoms with van der Waals surface area (Å²) in [4.78, 5) is 30.6. The topological polar surface area (TPSA) is 140 Å². The van der Waals surface area contributed by atoms with Gasteiger partial charge in [-0.15, -0.1) is 0 Å². The number of rotatable bonds is 15. The summed E-state index contributed by atoms with van der Waals surface area (Å²) in [5.74, 6) is 1.07. The molecular formula is C41H43N3O9. The number of anilines is 1. The van der Waals surface area contributed by atoms with Gasteiger partial charge in [0.15, 0.2) is 6.23 Å². The van der Waals surface area contributed by atoms with Crippen LogP contribution in [-0.4, -0.2) is 80.0 Å². The summed E-state index contributed by atoms with van der Waals surface area (Å²) in [5, 5.41) is 14.5. The number of carbonyl (C=O) groups is 1. The van der Waals surface area contributed by atoms with Crippen molar-refractivity contribution >= 4 is 11.7 Å². The first-order valence-electron chi connectivity index (χ1n) is 17.2. The first-order chi connectivity index (χ1) is 25.8. The van der Waals surface area contributed by atoms with Crippen molar-refractivity contribution in [3.05, 3.63) is 154 Å². The molecule has 1 fully saturated rings. The Morgan fingerprint density at radius 1 is 0.830 bits per heavy atom. The molecule has 2 heterocycles. The molecule has 0 unspecified atom stereocenters. The van der Waals surface area contributed by atoms with E-state index in [2.05, 4.69) is 10.3 Å². The lowest BCUT2D eigenvalue weighted by Crippen LogP contribution is -2.41. The fourth-order valence-electron chi connectivity index (χ4n) is 6.45. The Morgan fingerprint density at radius 2 is 1.40 bits per heavy atom. The Balaban J connectivity index is 1.35. The zero-order chi connectivity index (χ0) is 37.4. The Kier molecular flexibility index (Phi) is 12.0. The van der Waals surface area contributed by atoms with Gasteiger partial charge in [0, 0.05) is 24.4 Å². The molecule has 5 aromatic rings. The molecule has 0 aliphatic carbocycles. The third kappa shape index (κ3) is 8.02. The number of carbonyl (C=O) groups excluding carboxylic acids is 1. The van der Waals surface area contributed by atoms with Gasteiger partial charge >= 0.3 is 5.69 Å². The molecule has 12 heteroatoms. The molecule has 1 saturated heterocycles. The van der Waals surface area contributed by atoms with E-state index >= 15 is 0 Å². The monoisotopic (exact) mass is 721 g/mol. The van der Waals surface area contributed by atoms with Crippen molar-refractivity contribution < 1.29 is 38.3 Å². The maximum atomic E-state index is 13.6. The Morgan fingerprint density at radius 3 is 1.96 bits per heavy atom. The van der Waals surface area contributed by atoms with Gasteiger partial charge in [0.05, 0.1) is 34.0 Å². The minimum Gasteiger partial charge on any atom is -0.497 e. The zero-order valence-corrected chi connectivity index (χ0v) is 30.0. The minimum atomic E-state index is -1.22. The number of nitrogens with one attached hydrogen (secondary N) is 1. The van der Waals surface area contributed by atoms with Crippen LogP contribution in [0.25, 0.3) is 0 Å². The first kappa shape index (κ1) is 37.4. The third-order valence-corrected chi connectivity index (χ3v) is 9.22. The molecule has 6 rings (SSSR count). The number of aliphatic hydroxyl groups excluding tert-OH is 1. The Hall–Kier alpha value is -5.37. The molecule has 1 amide bonds. The van der Waals surface area contributed by atoms with E-state index in [4.69, 9.17) is 28.4 Å². The SMILES string of the molecule is COCCO[C@H]1[C@H](O)[C@@H](COC(c2ccccc2)(c2ccc(OC)cc2)c2ccc(OC)cc2)O[C@@H]1n1cc(C)c(NC(=O)c2ccccc2)nc1=O. The molecule has 1 aromatic heterocycles. The molecule has 2 N–H and O–H groups in total. The van der Waals surface area contributed by atoms with E-state index in [0.29, 0.717) is 22.6 Å². The fraction of sp³-hybridized carbons (Fsp3) is 0.293. The first-order valence-corrected chi connectivity index (χ1v) is 17.2. The predicted molar refractivity (Wildman–Crippen MR) is 197 cm³/mol. The van der Waals surface area contributed by atoms with Crippen LogP contribution in [-0.2, 0) is 24.5 Å². The number of aliphatic hydroxyl groups is 1. The number of methoxy groups -OCH3 is 3. The van der Waals surface area contributed by atoms with Crippen LogP contribution in [0.5, 0.6) is 11.5 Å². The van der Waals surface area contributed by atoms with Gasteiger partial charge in [-0.1, -0.05) is 72.8 Å². The van der Waals surface area contributed by atoms with Gasteiger partial charge in [0.2, 0.25) is 0 Å². The van der Waals surface area contributed by atoms with Crippen molar-refractivity contribution in [2.75, 3.05) is 46.5 Å². The van der Waals surface area contributed by atoms with E-state index in [9.17, 15) is 14.7 Å². The predicted octanol–water partition coefficient (Wildman–Crippen LogP) is 5.12. The second-order valence-corrected chi connectivity index (χ2v) is 12.5. The van der Waals surface area contributed by atoms with E-state index in [1.54, 1.807) is 58.6 Å². The van der Waals surface area contributed by atoms with Crippen LogP contribution in [0.2, 0.25) is 0 Å². The van der Waals surface area contributed by atoms with Gasteiger partial charge in [0.25, 0.3) is 5.91 Å². The van der Waals surface area contributed by atoms with Crippen molar-refractivity contribution in [1.29, 1.82) is 0 Å². The Labute approximate surface area is 307 Å². The van der Waals surface area contributed by atoms with Crippen molar-refractivity contribution in [2.24, 2.45) is 0 Å². The molecule has 1 aliphatic rings. The lowest BCUT2D eigenvalue weighted by Gasteiger charge is -2.37. The normalized spacial score (nSPS) is 18.4. The van der Waals surface area contributed by atoms with Gasteiger partial charge in [0.1, 0.15) is 41.2 Å². The van der Waals surface area contributed by atoms with Crippen molar-refractivity contribution in [3.8, 4) is 11.5 Å². The van der Waals surface area contributed by atoms with Gasteiger partial charge in [-0.2, -0.15) is 4.98 Å². The van der Waals surface area contributed by atoms with Crippen LogP contribution in [0.1, 0.15) is 38.8 Å². The summed E-state index contributed by atoms with van der Waals surface area (Å²) >= 11 is 0. The molecule has 0 spiro atoms. The molecular weight excluding hydrogens is 678 g/mol. The molecule has 4 aromatic carbocycles. The van der Waals surface area contributed by atoms with Gasteiger partial charge in [-0.05, 0) is 60.0 Å². The van der Waals surface area contributed by atoms with E-state index < -0.39 is 41.7 Å². The highest BCUT2D eigenvalue weighted by atomic mass is 16.6. The summed E-state index contributed by atoms with van der Waals surface area (Å²) in [6.45, 7) is 1.98. The number of aryl methyl sites for hydroxylation is 1. The summed E-state index contributed by atoms with van der Waals surface area (Å²) in [5.41, 5.74) is 1.48. The van der Waals surface area contributed by atoms with Crippen LogP contribution in [0, 0.1) is 6.92 Å². The van der Waals surface area contributed by atoms with Crippen LogP contribution < -0.4 is 20.5 Å². The van der Waals surface area contributed by atoms with Crippen molar-refractivity contribution in [3.63, 3.8) is 0 Å². The molecule has 0 radical (unpaired) electrons. The van der Waals surface area contributed by atoms with Crippen LogP contribution in [0.3, 0.4) is 0 Å². The van der Waals surface area contributed by atoms with E-state index in [-0.39, 0.29) is 25.6 Å².